The molecule has 3 amide bonds. The molecule has 1 aliphatic heterocycles. The molecule has 1 saturated heterocycles. The molecule has 1 aromatic carbocycles. The number of benzene rings is 1. The second kappa shape index (κ2) is 10.6. The van der Waals surface area contributed by atoms with Crippen molar-refractivity contribution >= 4 is 23.4 Å². The van der Waals surface area contributed by atoms with Gasteiger partial charge in [-0.05, 0) is 36.1 Å². The second-order valence-electron chi connectivity index (χ2n) is 7.35. The third-order valence-electron chi connectivity index (χ3n) is 5.47. The van der Waals surface area contributed by atoms with Crippen LogP contribution < -0.4 is 15.5 Å². The number of carbonyl (C=O) groups excluding carboxylic acids is 2. The highest BCUT2D eigenvalue weighted by Gasteiger charge is 2.21. The zero-order chi connectivity index (χ0) is 21.3. The van der Waals surface area contributed by atoms with Crippen LogP contribution in [0.3, 0.4) is 0 Å². The van der Waals surface area contributed by atoms with Crippen LogP contribution in [-0.4, -0.2) is 54.5 Å². The average Bonchev–Trinajstić information content (AvgIpc) is 2.79. The van der Waals surface area contributed by atoms with Crippen LogP contribution in [0.1, 0.15) is 31.4 Å². The first-order valence-electron chi connectivity index (χ1n) is 10.7. The Balaban J connectivity index is 1.42. The number of hydrogen-bond donors (Lipinski definition) is 2. The number of aryl methyl sites for hydroxylation is 2. The van der Waals surface area contributed by atoms with Crippen LogP contribution in [0.15, 0.2) is 42.6 Å². The Morgan fingerprint density at radius 1 is 0.967 bits per heavy atom. The summed E-state index contributed by atoms with van der Waals surface area (Å²) in [6.45, 7) is 7.35. The van der Waals surface area contributed by atoms with Gasteiger partial charge in [0.05, 0.1) is 0 Å². The van der Waals surface area contributed by atoms with E-state index in [4.69, 9.17) is 0 Å². The minimum Gasteiger partial charge on any atom is -0.353 e. The molecule has 1 aliphatic rings. The monoisotopic (exact) mass is 409 g/mol. The molecule has 0 radical (unpaired) electrons. The number of para-hydroxylation sites is 1. The highest BCUT2D eigenvalue weighted by atomic mass is 16.2. The van der Waals surface area contributed by atoms with Crippen molar-refractivity contribution in [3.8, 4) is 0 Å². The Morgan fingerprint density at radius 3 is 2.27 bits per heavy atom. The topological polar surface area (TPSA) is 77.6 Å². The van der Waals surface area contributed by atoms with E-state index in [9.17, 15) is 9.59 Å². The molecular weight excluding hydrogens is 378 g/mol. The van der Waals surface area contributed by atoms with Gasteiger partial charge < -0.3 is 20.4 Å². The van der Waals surface area contributed by atoms with Gasteiger partial charge in [0.1, 0.15) is 5.82 Å². The molecule has 160 valence electrons. The molecule has 2 aromatic rings. The summed E-state index contributed by atoms with van der Waals surface area (Å²) in [4.78, 5) is 33.3. The van der Waals surface area contributed by atoms with Crippen molar-refractivity contribution in [1.29, 1.82) is 0 Å². The van der Waals surface area contributed by atoms with Crippen molar-refractivity contribution in [2.75, 3.05) is 42.9 Å². The SMILES string of the molecule is CCc1cccc(CC)c1NC(=O)NCCC(=O)N1CCN(c2ccccn2)CC1. The lowest BCUT2D eigenvalue weighted by atomic mass is 10.0. The van der Waals surface area contributed by atoms with E-state index >= 15 is 0 Å². The lowest BCUT2D eigenvalue weighted by molar-refractivity contribution is -0.131. The van der Waals surface area contributed by atoms with Crippen molar-refractivity contribution in [2.24, 2.45) is 0 Å². The predicted octanol–water partition coefficient (Wildman–Crippen LogP) is 3.07. The molecule has 0 saturated carbocycles. The molecule has 0 atom stereocenters. The summed E-state index contributed by atoms with van der Waals surface area (Å²) in [7, 11) is 0. The van der Waals surface area contributed by atoms with Crippen molar-refractivity contribution in [1.82, 2.24) is 15.2 Å². The van der Waals surface area contributed by atoms with Gasteiger partial charge in [-0.1, -0.05) is 38.1 Å². The van der Waals surface area contributed by atoms with E-state index in [0.717, 1.165) is 48.6 Å². The van der Waals surface area contributed by atoms with Gasteiger partial charge in [-0.3, -0.25) is 4.79 Å². The molecule has 1 fully saturated rings. The quantitative estimate of drug-likeness (QED) is 0.737. The molecule has 2 heterocycles. The van der Waals surface area contributed by atoms with Crippen LogP contribution in [0.4, 0.5) is 16.3 Å². The maximum Gasteiger partial charge on any atom is 0.319 e. The summed E-state index contributed by atoms with van der Waals surface area (Å²) >= 11 is 0. The Morgan fingerprint density at radius 2 is 1.67 bits per heavy atom. The minimum atomic E-state index is -0.265. The number of nitrogens with one attached hydrogen (secondary N) is 2. The third-order valence-corrected chi connectivity index (χ3v) is 5.47. The smallest absolute Gasteiger partial charge is 0.319 e. The maximum absolute atomic E-state index is 12.5. The number of amides is 3. The van der Waals surface area contributed by atoms with Gasteiger partial charge in [-0.15, -0.1) is 0 Å². The van der Waals surface area contributed by atoms with Crippen LogP contribution >= 0.6 is 0 Å². The molecule has 7 nitrogen and oxygen atoms in total. The van der Waals surface area contributed by atoms with Crippen LogP contribution in [0.5, 0.6) is 0 Å². The summed E-state index contributed by atoms with van der Waals surface area (Å²) in [5.74, 6) is 1.01. The van der Waals surface area contributed by atoms with Gasteiger partial charge in [-0.25, -0.2) is 9.78 Å². The van der Waals surface area contributed by atoms with Crippen LogP contribution in [0, 0.1) is 0 Å². The van der Waals surface area contributed by atoms with Gasteiger partial charge in [0.2, 0.25) is 5.91 Å². The lowest BCUT2D eigenvalue weighted by Gasteiger charge is -2.35. The lowest BCUT2D eigenvalue weighted by Crippen LogP contribution is -2.49. The Labute approximate surface area is 178 Å². The average molecular weight is 410 g/mol. The molecule has 1 aromatic heterocycles. The van der Waals surface area contributed by atoms with E-state index in [-0.39, 0.29) is 11.9 Å². The van der Waals surface area contributed by atoms with Gasteiger partial charge in [-0.2, -0.15) is 0 Å². The molecule has 0 bridgehead atoms. The normalized spacial score (nSPS) is 13.8. The van der Waals surface area contributed by atoms with Crippen LogP contribution in [-0.2, 0) is 17.6 Å². The minimum absolute atomic E-state index is 0.0687. The Hall–Kier alpha value is -3.09. The number of anilines is 2. The van der Waals surface area contributed by atoms with Crippen molar-refractivity contribution in [2.45, 2.75) is 33.1 Å². The summed E-state index contributed by atoms with van der Waals surface area (Å²) in [6, 6.07) is 11.7. The summed E-state index contributed by atoms with van der Waals surface area (Å²) in [6.07, 6.45) is 3.79. The van der Waals surface area contributed by atoms with E-state index in [1.807, 2.05) is 41.3 Å². The zero-order valence-electron chi connectivity index (χ0n) is 17.9. The number of rotatable bonds is 7. The fourth-order valence-electron chi connectivity index (χ4n) is 3.73. The second-order valence-corrected chi connectivity index (χ2v) is 7.35. The first-order valence-corrected chi connectivity index (χ1v) is 10.7. The summed E-state index contributed by atoms with van der Waals surface area (Å²) < 4.78 is 0. The first-order chi connectivity index (χ1) is 14.6. The van der Waals surface area contributed by atoms with Crippen molar-refractivity contribution in [3.63, 3.8) is 0 Å². The van der Waals surface area contributed by atoms with E-state index in [0.29, 0.717) is 26.1 Å². The van der Waals surface area contributed by atoms with Gasteiger partial charge in [0.25, 0.3) is 0 Å². The van der Waals surface area contributed by atoms with Crippen LogP contribution in [0.2, 0.25) is 0 Å². The zero-order valence-corrected chi connectivity index (χ0v) is 17.9. The van der Waals surface area contributed by atoms with Gasteiger partial charge in [0.15, 0.2) is 0 Å². The number of piperazine rings is 1. The number of pyridine rings is 1. The van der Waals surface area contributed by atoms with Crippen molar-refractivity contribution in [3.05, 3.63) is 53.7 Å². The highest BCUT2D eigenvalue weighted by molar-refractivity contribution is 5.91. The largest absolute Gasteiger partial charge is 0.353 e. The van der Waals surface area contributed by atoms with E-state index in [1.54, 1.807) is 6.20 Å². The Kier molecular flexibility index (Phi) is 7.65. The summed E-state index contributed by atoms with van der Waals surface area (Å²) in [5, 5.41) is 5.79. The molecule has 7 heteroatoms. The first kappa shape index (κ1) is 21.6. The molecular formula is C23H31N5O2. The van der Waals surface area contributed by atoms with E-state index in [2.05, 4.69) is 34.4 Å². The standard InChI is InChI=1S/C23H31N5O2/c1-3-18-8-7-9-19(4-2)22(18)26-23(30)25-13-11-21(29)28-16-14-27(15-17-28)20-10-5-6-12-24-20/h5-10,12H,3-4,11,13-17H2,1-2H3,(H2,25,26,30). The number of urea groups is 1. The Bertz CT molecular complexity index is 826. The van der Waals surface area contributed by atoms with E-state index in [1.165, 1.54) is 0 Å². The molecule has 0 unspecified atom stereocenters. The molecule has 0 spiro atoms. The number of carbonyl (C=O) groups is 2. The fourth-order valence-corrected chi connectivity index (χ4v) is 3.73. The van der Waals surface area contributed by atoms with Crippen molar-refractivity contribution < 1.29 is 9.59 Å². The van der Waals surface area contributed by atoms with Gasteiger partial charge in [0, 0.05) is 51.0 Å². The number of aromatic nitrogens is 1. The molecule has 30 heavy (non-hydrogen) atoms. The van der Waals surface area contributed by atoms with Crippen LogP contribution in [0.25, 0.3) is 0 Å². The predicted molar refractivity (Wildman–Crippen MR) is 120 cm³/mol. The number of nitrogens with zero attached hydrogens (tertiary/aromatic N) is 3. The summed E-state index contributed by atoms with van der Waals surface area (Å²) in [5.41, 5.74) is 3.12. The van der Waals surface area contributed by atoms with E-state index < -0.39 is 0 Å². The molecule has 0 aliphatic carbocycles. The fraction of sp³-hybridized carbons (Fsp3) is 0.435. The van der Waals surface area contributed by atoms with Gasteiger partial charge >= 0.3 is 6.03 Å². The molecule has 2 N–H and O–H groups in total. The molecule has 3 rings (SSSR count). The number of hydrogen-bond acceptors (Lipinski definition) is 4. The highest BCUT2D eigenvalue weighted by Crippen LogP contribution is 2.22. The maximum atomic E-state index is 12.5. The third kappa shape index (κ3) is 5.49.